The van der Waals surface area contributed by atoms with E-state index in [0.717, 1.165) is 0 Å². The van der Waals surface area contributed by atoms with E-state index < -0.39 is 22.9 Å². The van der Waals surface area contributed by atoms with Gasteiger partial charge >= 0.3 is 11.7 Å². The number of aromatic nitrogens is 2. The number of carbonyl (C=O) groups is 2. The number of ether oxygens (including phenoxy) is 1. The normalized spacial score (nSPS) is 11.7. The van der Waals surface area contributed by atoms with Gasteiger partial charge in [-0.3, -0.25) is 15.1 Å². The second kappa shape index (κ2) is 9.50. The van der Waals surface area contributed by atoms with Gasteiger partial charge in [-0.2, -0.15) is 4.98 Å². The zero-order chi connectivity index (χ0) is 25.1. The molecule has 1 aromatic carbocycles. The lowest BCUT2D eigenvalue weighted by Gasteiger charge is -2.24. The van der Waals surface area contributed by atoms with E-state index in [2.05, 4.69) is 25.9 Å². The van der Waals surface area contributed by atoms with Crippen molar-refractivity contribution < 1.29 is 18.7 Å². The molecule has 0 saturated heterocycles. The maximum atomic E-state index is 12.8. The van der Waals surface area contributed by atoms with Gasteiger partial charge in [0, 0.05) is 11.9 Å². The second-order valence-electron chi connectivity index (χ2n) is 9.32. The van der Waals surface area contributed by atoms with Crippen LogP contribution in [0.25, 0.3) is 10.9 Å². The molecule has 3 rings (SSSR count). The Morgan fingerprint density at radius 3 is 2.47 bits per heavy atom. The van der Waals surface area contributed by atoms with E-state index in [1.807, 2.05) is 6.07 Å². The molecule has 0 spiro atoms. The lowest BCUT2D eigenvalue weighted by atomic mass is 10.0. The van der Waals surface area contributed by atoms with Crippen molar-refractivity contribution in [3.8, 4) is 0 Å². The number of amides is 2. The molecule has 0 unspecified atom stereocenters. The number of fused-ring (bicyclic) bond motifs is 1. The zero-order valence-electron chi connectivity index (χ0n) is 20.1. The summed E-state index contributed by atoms with van der Waals surface area (Å²) >= 11 is 0. The Hall–Kier alpha value is -3.95. The number of anilines is 2. The maximum absolute atomic E-state index is 12.8. The fourth-order valence-electron chi connectivity index (χ4n) is 3.14. The quantitative estimate of drug-likeness (QED) is 0.499. The third-order valence-corrected chi connectivity index (χ3v) is 4.84. The first-order valence-corrected chi connectivity index (χ1v) is 10.8. The minimum Gasteiger partial charge on any atom is -0.444 e. The summed E-state index contributed by atoms with van der Waals surface area (Å²) in [5.41, 5.74) is -0.466. The smallest absolute Gasteiger partial charge is 0.412 e. The first-order chi connectivity index (χ1) is 15.9. The minimum absolute atomic E-state index is 0.0947. The van der Waals surface area contributed by atoms with Crippen LogP contribution in [0.1, 0.15) is 45.9 Å². The van der Waals surface area contributed by atoms with Gasteiger partial charge in [0.15, 0.2) is 0 Å². The minimum atomic E-state index is -1.13. The van der Waals surface area contributed by atoms with Crippen molar-refractivity contribution >= 4 is 34.6 Å². The SMILES string of the molecule is Cc1c(NC(=O)OC(C)(C)C)ccc2nc(NC(C)(C)C(=O)NCc3ccccn3)oc(=O)c12. The van der Waals surface area contributed by atoms with Gasteiger partial charge in [-0.25, -0.2) is 9.59 Å². The van der Waals surface area contributed by atoms with Crippen LogP contribution in [0.3, 0.4) is 0 Å². The number of pyridine rings is 1. The lowest BCUT2D eigenvalue weighted by molar-refractivity contribution is -0.124. The van der Waals surface area contributed by atoms with E-state index in [9.17, 15) is 14.4 Å². The average molecular weight is 468 g/mol. The van der Waals surface area contributed by atoms with Crippen LogP contribution in [0.5, 0.6) is 0 Å². The van der Waals surface area contributed by atoms with E-state index in [0.29, 0.717) is 22.5 Å². The second-order valence-corrected chi connectivity index (χ2v) is 9.32. The van der Waals surface area contributed by atoms with Crippen LogP contribution in [-0.2, 0) is 16.1 Å². The molecule has 0 fully saturated rings. The molecule has 0 bridgehead atoms. The number of benzene rings is 1. The van der Waals surface area contributed by atoms with Crippen LogP contribution in [-0.4, -0.2) is 33.1 Å². The van der Waals surface area contributed by atoms with Crippen molar-refractivity contribution in [3.05, 3.63) is 58.2 Å². The van der Waals surface area contributed by atoms with Gasteiger partial charge in [0.25, 0.3) is 6.01 Å². The molecule has 2 heterocycles. The Labute approximate surface area is 197 Å². The fraction of sp³-hybridized carbons (Fsp3) is 0.375. The Morgan fingerprint density at radius 1 is 1.09 bits per heavy atom. The molecule has 0 atom stereocenters. The first-order valence-electron chi connectivity index (χ1n) is 10.8. The van der Waals surface area contributed by atoms with Gasteiger partial charge in [0.1, 0.15) is 11.1 Å². The summed E-state index contributed by atoms with van der Waals surface area (Å²) < 4.78 is 10.6. The number of hydrogen-bond acceptors (Lipinski definition) is 8. The molecule has 2 aromatic heterocycles. The molecule has 10 nitrogen and oxygen atoms in total. The van der Waals surface area contributed by atoms with Crippen molar-refractivity contribution in [3.63, 3.8) is 0 Å². The molecule has 0 radical (unpaired) electrons. The summed E-state index contributed by atoms with van der Waals surface area (Å²) in [6.45, 7) is 10.5. The number of nitrogens with one attached hydrogen (secondary N) is 3. The highest BCUT2D eigenvalue weighted by Crippen LogP contribution is 2.24. The van der Waals surface area contributed by atoms with E-state index in [1.165, 1.54) is 0 Å². The molecule has 3 aromatic rings. The average Bonchev–Trinajstić information content (AvgIpc) is 2.73. The molecule has 180 valence electrons. The van der Waals surface area contributed by atoms with Crippen LogP contribution in [0.15, 0.2) is 45.7 Å². The molecule has 10 heteroatoms. The van der Waals surface area contributed by atoms with Crippen LogP contribution >= 0.6 is 0 Å². The monoisotopic (exact) mass is 467 g/mol. The number of aryl methyl sites for hydroxylation is 1. The van der Waals surface area contributed by atoms with Gasteiger partial charge in [-0.05, 0) is 71.4 Å². The van der Waals surface area contributed by atoms with Crippen molar-refractivity contribution in [2.45, 2.75) is 59.2 Å². The van der Waals surface area contributed by atoms with Crippen LogP contribution in [0.2, 0.25) is 0 Å². The summed E-state index contributed by atoms with van der Waals surface area (Å²) in [5.74, 6) is -0.323. The number of rotatable bonds is 6. The molecule has 0 aliphatic heterocycles. The third-order valence-electron chi connectivity index (χ3n) is 4.84. The molecule has 0 saturated carbocycles. The Bertz CT molecular complexity index is 1260. The Kier molecular flexibility index (Phi) is 6.90. The standard InChI is InChI=1S/C24H29N5O5/c1-14-16(28-22(32)34-23(2,3)4)10-11-17-18(14)19(30)33-21(27-17)29-24(5,6)20(31)26-13-15-9-7-8-12-25-15/h7-12H,13H2,1-6H3,(H,26,31)(H,27,29)(H,28,32). The molecule has 0 aliphatic rings. The summed E-state index contributed by atoms with van der Waals surface area (Å²) in [7, 11) is 0. The summed E-state index contributed by atoms with van der Waals surface area (Å²) in [6.07, 6.45) is 1.01. The van der Waals surface area contributed by atoms with E-state index >= 15 is 0 Å². The first kappa shape index (κ1) is 24.7. The number of carbonyl (C=O) groups excluding carboxylic acids is 2. The number of nitrogens with zero attached hydrogens (tertiary/aromatic N) is 2. The van der Waals surface area contributed by atoms with Crippen molar-refractivity contribution in [2.24, 2.45) is 0 Å². The summed E-state index contributed by atoms with van der Waals surface area (Å²) in [6, 6.07) is 8.56. The van der Waals surface area contributed by atoms with Gasteiger partial charge in [0.05, 0.1) is 23.1 Å². The highest BCUT2D eigenvalue weighted by Gasteiger charge is 2.29. The zero-order valence-corrected chi connectivity index (χ0v) is 20.1. The van der Waals surface area contributed by atoms with Crippen LogP contribution in [0, 0.1) is 6.92 Å². The maximum Gasteiger partial charge on any atom is 0.412 e. The molecular weight excluding hydrogens is 438 g/mol. The predicted molar refractivity (Wildman–Crippen MR) is 129 cm³/mol. The summed E-state index contributed by atoms with van der Waals surface area (Å²) in [5, 5.41) is 8.54. The van der Waals surface area contributed by atoms with Gasteiger partial charge in [0.2, 0.25) is 5.91 Å². The topological polar surface area (TPSA) is 135 Å². The lowest BCUT2D eigenvalue weighted by Crippen LogP contribution is -2.48. The molecular formula is C24H29N5O5. The highest BCUT2D eigenvalue weighted by molar-refractivity contribution is 5.93. The van der Waals surface area contributed by atoms with Crippen molar-refractivity contribution in [1.29, 1.82) is 0 Å². The highest BCUT2D eigenvalue weighted by atomic mass is 16.6. The van der Waals surface area contributed by atoms with Gasteiger partial charge in [-0.1, -0.05) is 6.07 Å². The number of hydrogen-bond donors (Lipinski definition) is 3. The molecule has 2 amide bonds. The molecule has 0 aliphatic carbocycles. The van der Waals surface area contributed by atoms with Gasteiger partial charge < -0.3 is 19.8 Å². The van der Waals surface area contributed by atoms with E-state index in [-0.39, 0.29) is 23.9 Å². The summed E-state index contributed by atoms with van der Waals surface area (Å²) in [4.78, 5) is 46.1. The largest absolute Gasteiger partial charge is 0.444 e. The van der Waals surface area contributed by atoms with Gasteiger partial charge in [-0.15, -0.1) is 0 Å². The van der Waals surface area contributed by atoms with Crippen LogP contribution in [0.4, 0.5) is 16.5 Å². The van der Waals surface area contributed by atoms with Crippen molar-refractivity contribution in [1.82, 2.24) is 15.3 Å². The Balaban J connectivity index is 1.78. The molecule has 3 N–H and O–H groups in total. The molecule has 34 heavy (non-hydrogen) atoms. The Morgan fingerprint density at radius 2 is 1.82 bits per heavy atom. The third kappa shape index (κ3) is 6.09. The van der Waals surface area contributed by atoms with E-state index in [1.54, 1.807) is 72.0 Å². The van der Waals surface area contributed by atoms with Crippen LogP contribution < -0.4 is 21.6 Å². The predicted octanol–water partition coefficient (Wildman–Crippen LogP) is 3.75. The van der Waals surface area contributed by atoms with Crippen molar-refractivity contribution in [2.75, 3.05) is 10.6 Å². The van der Waals surface area contributed by atoms with E-state index in [4.69, 9.17) is 9.15 Å². The fourth-order valence-corrected chi connectivity index (χ4v) is 3.14.